The zero-order valence-electron chi connectivity index (χ0n) is 9.81. The Bertz CT molecular complexity index is 132. The number of nitrogens with one attached hydrogen (secondary N) is 2. The molecule has 1 aliphatic rings. The molecule has 1 unspecified atom stereocenters. The van der Waals surface area contributed by atoms with Gasteiger partial charge in [-0.05, 0) is 38.6 Å². The quantitative estimate of drug-likeness (QED) is 0.555. The molecule has 0 amide bonds. The van der Waals surface area contributed by atoms with Crippen LogP contribution < -0.4 is 10.6 Å². The lowest BCUT2D eigenvalue weighted by Crippen LogP contribution is -2.33. The third-order valence-corrected chi connectivity index (χ3v) is 2.92. The summed E-state index contributed by atoms with van der Waals surface area (Å²) in [4.78, 5) is 0. The largest absolute Gasteiger partial charge is 0.315 e. The summed E-state index contributed by atoms with van der Waals surface area (Å²) < 4.78 is 0. The maximum Gasteiger partial charge on any atom is 0.00792 e. The number of unbranched alkanes of at least 4 members (excludes halogenated alkanes) is 1. The third-order valence-electron chi connectivity index (χ3n) is 2.92. The second-order valence-corrected chi connectivity index (χ2v) is 4.64. The van der Waals surface area contributed by atoms with E-state index < -0.39 is 0 Å². The average molecular weight is 198 g/mol. The molecule has 1 aliphatic carbocycles. The molecular formula is C12H26N2. The van der Waals surface area contributed by atoms with Gasteiger partial charge in [0, 0.05) is 19.1 Å². The smallest absolute Gasteiger partial charge is 0.00792 e. The highest BCUT2D eigenvalue weighted by molar-refractivity contribution is 4.75. The highest BCUT2D eigenvalue weighted by Gasteiger charge is 2.19. The zero-order valence-corrected chi connectivity index (χ0v) is 9.81. The number of rotatable bonds is 9. The van der Waals surface area contributed by atoms with Crippen LogP contribution in [0.4, 0.5) is 0 Å². The van der Waals surface area contributed by atoms with Crippen molar-refractivity contribution in [2.75, 3.05) is 19.6 Å². The van der Waals surface area contributed by atoms with Gasteiger partial charge in [0.15, 0.2) is 0 Å². The Hall–Kier alpha value is -0.0800. The van der Waals surface area contributed by atoms with Crippen LogP contribution in [0.15, 0.2) is 0 Å². The van der Waals surface area contributed by atoms with Crippen molar-refractivity contribution < 1.29 is 0 Å². The highest BCUT2D eigenvalue weighted by Crippen LogP contribution is 2.27. The summed E-state index contributed by atoms with van der Waals surface area (Å²) in [6.07, 6.45) is 6.88. The van der Waals surface area contributed by atoms with Gasteiger partial charge in [-0.1, -0.05) is 19.8 Å². The summed E-state index contributed by atoms with van der Waals surface area (Å²) >= 11 is 0. The standard InChI is InChI=1S/C12H26N2/c1-3-4-5-11(2)14-9-8-13-10-12-6-7-12/h11-14H,3-10H2,1-2H3. The molecule has 0 aromatic carbocycles. The van der Waals surface area contributed by atoms with Gasteiger partial charge in [0.05, 0.1) is 0 Å². The molecule has 1 atom stereocenters. The van der Waals surface area contributed by atoms with Gasteiger partial charge in [-0.25, -0.2) is 0 Å². The van der Waals surface area contributed by atoms with Crippen LogP contribution >= 0.6 is 0 Å². The molecule has 2 N–H and O–H groups in total. The Morgan fingerprint density at radius 1 is 1.29 bits per heavy atom. The van der Waals surface area contributed by atoms with Gasteiger partial charge in [-0.15, -0.1) is 0 Å². The number of hydrogen-bond acceptors (Lipinski definition) is 2. The zero-order chi connectivity index (χ0) is 10.2. The average Bonchev–Trinajstić information content (AvgIpc) is 2.98. The van der Waals surface area contributed by atoms with E-state index >= 15 is 0 Å². The first kappa shape index (κ1) is 12.0. The van der Waals surface area contributed by atoms with Crippen LogP contribution in [-0.2, 0) is 0 Å². The number of hydrogen-bond donors (Lipinski definition) is 2. The van der Waals surface area contributed by atoms with Crippen LogP contribution in [0.2, 0.25) is 0 Å². The first-order chi connectivity index (χ1) is 6.83. The van der Waals surface area contributed by atoms with E-state index in [2.05, 4.69) is 24.5 Å². The predicted molar refractivity (Wildman–Crippen MR) is 62.6 cm³/mol. The van der Waals surface area contributed by atoms with Crippen molar-refractivity contribution >= 4 is 0 Å². The molecule has 84 valence electrons. The molecule has 0 spiro atoms. The monoisotopic (exact) mass is 198 g/mol. The minimum Gasteiger partial charge on any atom is -0.315 e. The summed E-state index contributed by atoms with van der Waals surface area (Å²) in [5.41, 5.74) is 0. The fraction of sp³-hybridized carbons (Fsp3) is 1.00. The minimum absolute atomic E-state index is 0.692. The Balaban J connectivity index is 1.77. The van der Waals surface area contributed by atoms with E-state index in [1.807, 2.05) is 0 Å². The van der Waals surface area contributed by atoms with Crippen molar-refractivity contribution in [3.05, 3.63) is 0 Å². The van der Waals surface area contributed by atoms with Crippen molar-refractivity contribution in [2.45, 2.75) is 52.0 Å². The Morgan fingerprint density at radius 3 is 2.71 bits per heavy atom. The van der Waals surface area contributed by atoms with Crippen LogP contribution in [0.25, 0.3) is 0 Å². The van der Waals surface area contributed by atoms with Crippen LogP contribution in [0.1, 0.15) is 46.0 Å². The molecule has 0 heterocycles. The third kappa shape index (κ3) is 6.39. The van der Waals surface area contributed by atoms with E-state index in [1.54, 1.807) is 0 Å². The lowest BCUT2D eigenvalue weighted by molar-refractivity contribution is 0.483. The molecule has 1 fully saturated rings. The molecule has 0 aromatic heterocycles. The first-order valence-electron chi connectivity index (χ1n) is 6.27. The molecule has 0 saturated heterocycles. The maximum absolute atomic E-state index is 3.55. The van der Waals surface area contributed by atoms with Crippen LogP contribution in [0, 0.1) is 5.92 Å². The second kappa shape index (κ2) is 7.24. The van der Waals surface area contributed by atoms with Crippen molar-refractivity contribution in [2.24, 2.45) is 5.92 Å². The molecule has 0 aromatic rings. The minimum atomic E-state index is 0.692. The fourth-order valence-electron chi connectivity index (χ4n) is 1.65. The summed E-state index contributed by atoms with van der Waals surface area (Å²) in [6, 6.07) is 0.692. The van der Waals surface area contributed by atoms with Crippen molar-refractivity contribution in [1.29, 1.82) is 0 Å². The summed E-state index contributed by atoms with van der Waals surface area (Å²) in [7, 11) is 0. The van der Waals surface area contributed by atoms with Crippen molar-refractivity contribution in [1.82, 2.24) is 10.6 Å². The fourth-order valence-corrected chi connectivity index (χ4v) is 1.65. The van der Waals surface area contributed by atoms with E-state index in [4.69, 9.17) is 0 Å². The normalized spacial score (nSPS) is 18.4. The molecule has 0 bridgehead atoms. The summed E-state index contributed by atoms with van der Waals surface area (Å²) in [5, 5.41) is 7.05. The summed E-state index contributed by atoms with van der Waals surface area (Å²) in [5.74, 6) is 1.01. The molecule has 2 nitrogen and oxygen atoms in total. The van der Waals surface area contributed by atoms with Gasteiger partial charge in [0.2, 0.25) is 0 Å². The van der Waals surface area contributed by atoms with Crippen LogP contribution in [0.5, 0.6) is 0 Å². The SMILES string of the molecule is CCCCC(C)NCCNCC1CC1. The Kier molecular flexibility index (Phi) is 6.20. The molecule has 1 saturated carbocycles. The first-order valence-corrected chi connectivity index (χ1v) is 6.27. The van der Waals surface area contributed by atoms with E-state index in [-0.39, 0.29) is 0 Å². The Morgan fingerprint density at radius 2 is 2.07 bits per heavy atom. The maximum atomic E-state index is 3.55. The Labute approximate surface area is 88.8 Å². The molecule has 2 heteroatoms. The van der Waals surface area contributed by atoms with E-state index in [9.17, 15) is 0 Å². The second-order valence-electron chi connectivity index (χ2n) is 4.64. The lowest BCUT2D eigenvalue weighted by atomic mass is 10.1. The predicted octanol–water partition coefficient (Wildman–Crippen LogP) is 2.15. The van der Waals surface area contributed by atoms with E-state index in [0.717, 1.165) is 19.0 Å². The van der Waals surface area contributed by atoms with Gasteiger partial charge in [-0.2, -0.15) is 0 Å². The molecule has 0 aliphatic heterocycles. The van der Waals surface area contributed by atoms with Gasteiger partial charge in [-0.3, -0.25) is 0 Å². The van der Waals surface area contributed by atoms with Crippen molar-refractivity contribution in [3.63, 3.8) is 0 Å². The van der Waals surface area contributed by atoms with E-state index in [1.165, 1.54) is 38.6 Å². The molecule has 1 rings (SSSR count). The molecule has 0 radical (unpaired) electrons. The van der Waals surface area contributed by atoms with Gasteiger partial charge in [0.25, 0.3) is 0 Å². The topological polar surface area (TPSA) is 24.1 Å². The molecular weight excluding hydrogens is 172 g/mol. The van der Waals surface area contributed by atoms with Crippen molar-refractivity contribution in [3.8, 4) is 0 Å². The lowest BCUT2D eigenvalue weighted by Gasteiger charge is -2.13. The van der Waals surface area contributed by atoms with Gasteiger partial charge in [0.1, 0.15) is 0 Å². The van der Waals surface area contributed by atoms with E-state index in [0.29, 0.717) is 6.04 Å². The molecule has 14 heavy (non-hydrogen) atoms. The summed E-state index contributed by atoms with van der Waals surface area (Å²) in [6.45, 7) is 8.04. The van der Waals surface area contributed by atoms with Gasteiger partial charge < -0.3 is 10.6 Å². The van der Waals surface area contributed by atoms with Gasteiger partial charge >= 0.3 is 0 Å². The van der Waals surface area contributed by atoms with Crippen LogP contribution in [0.3, 0.4) is 0 Å². The van der Waals surface area contributed by atoms with Crippen LogP contribution in [-0.4, -0.2) is 25.7 Å². The highest BCUT2D eigenvalue weighted by atomic mass is 15.0.